The van der Waals surface area contributed by atoms with Crippen LogP contribution in [0.15, 0.2) is 65.5 Å². The highest BCUT2D eigenvalue weighted by molar-refractivity contribution is 6.32. The van der Waals surface area contributed by atoms with Gasteiger partial charge in [0.15, 0.2) is 0 Å². The molecule has 0 aliphatic heterocycles. The summed E-state index contributed by atoms with van der Waals surface area (Å²) in [7, 11) is 1.52. The van der Waals surface area contributed by atoms with Crippen molar-refractivity contribution in [3.63, 3.8) is 0 Å². The van der Waals surface area contributed by atoms with E-state index < -0.39 is 5.56 Å². The Morgan fingerprint density at radius 1 is 0.964 bits per heavy atom. The van der Waals surface area contributed by atoms with Gasteiger partial charge in [0.1, 0.15) is 5.75 Å². The van der Waals surface area contributed by atoms with E-state index in [9.17, 15) is 9.59 Å². The maximum absolute atomic E-state index is 12.6. The number of fused-ring (bicyclic) bond motifs is 2. The van der Waals surface area contributed by atoms with Crippen LogP contribution < -0.4 is 15.6 Å². The van der Waals surface area contributed by atoms with Crippen LogP contribution >= 0.6 is 11.6 Å². The second-order valence-electron chi connectivity index (χ2n) is 6.05. The van der Waals surface area contributed by atoms with Crippen LogP contribution in [0.2, 0.25) is 5.02 Å². The lowest BCUT2D eigenvalue weighted by molar-refractivity contribution is 0.102. The Bertz CT molecular complexity index is 1290. The molecule has 0 radical (unpaired) electrons. The van der Waals surface area contributed by atoms with Crippen LogP contribution in [0.3, 0.4) is 0 Å². The summed E-state index contributed by atoms with van der Waals surface area (Å²) in [5.74, 6) is 0.164. The number of carbonyl (C=O) groups is 1. The number of para-hydroxylation sites is 1. The number of hydrogen-bond donors (Lipinski definition) is 1. The van der Waals surface area contributed by atoms with Gasteiger partial charge in [-0.05, 0) is 48.5 Å². The van der Waals surface area contributed by atoms with E-state index in [1.165, 1.54) is 7.11 Å². The molecule has 0 unspecified atom stereocenters. The van der Waals surface area contributed by atoms with Crippen molar-refractivity contribution < 1.29 is 9.53 Å². The van der Waals surface area contributed by atoms with Crippen molar-refractivity contribution in [1.82, 2.24) is 9.97 Å². The molecule has 0 atom stereocenters. The summed E-state index contributed by atoms with van der Waals surface area (Å²) in [6, 6.07) is 16.8. The molecule has 0 aliphatic carbocycles. The van der Waals surface area contributed by atoms with Gasteiger partial charge in [0, 0.05) is 11.3 Å². The second kappa shape index (κ2) is 7.25. The Kier molecular flexibility index (Phi) is 4.63. The minimum absolute atomic E-state index is 0.349. The van der Waals surface area contributed by atoms with Crippen molar-refractivity contribution in [2.24, 2.45) is 0 Å². The number of ether oxygens (including phenoxy) is 1. The highest BCUT2D eigenvalue weighted by Crippen LogP contribution is 2.27. The molecule has 28 heavy (non-hydrogen) atoms. The summed E-state index contributed by atoms with van der Waals surface area (Å²) in [5, 5.41) is 3.58. The van der Waals surface area contributed by atoms with Crippen LogP contribution in [0, 0.1) is 0 Å². The van der Waals surface area contributed by atoms with Crippen LogP contribution in [0.1, 0.15) is 10.4 Å². The quantitative estimate of drug-likeness (QED) is 0.569. The summed E-state index contributed by atoms with van der Waals surface area (Å²) in [6.07, 6.45) is 0. The maximum Gasteiger partial charge on any atom is 0.279 e. The van der Waals surface area contributed by atoms with Gasteiger partial charge in [-0.15, -0.1) is 0 Å². The molecule has 7 heteroatoms. The topological polar surface area (TPSA) is 81.2 Å². The van der Waals surface area contributed by atoms with Crippen molar-refractivity contribution in [1.29, 1.82) is 0 Å². The summed E-state index contributed by atoms with van der Waals surface area (Å²) >= 11 is 6.09. The zero-order valence-corrected chi connectivity index (χ0v) is 15.5. The molecule has 6 nitrogen and oxygen atoms in total. The first-order chi connectivity index (χ1) is 13.5. The molecule has 0 fully saturated rings. The smallest absolute Gasteiger partial charge is 0.279 e. The van der Waals surface area contributed by atoms with Crippen LogP contribution in [0.25, 0.3) is 21.9 Å². The van der Waals surface area contributed by atoms with E-state index >= 15 is 0 Å². The van der Waals surface area contributed by atoms with Gasteiger partial charge < -0.3 is 10.1 Å². The number of nitrogens with one attached hydrogen (secondary N) is 1. The third-order valence-electron chi connectivity index (χ3n) is 4.24. The molecule has 1 aromatic heterocycles. The average molecular weight is 392 g/mol. The monoisotopic (exact) mass is 391 g/mol. The third kappa shape index (κ3) is 3.37. The van der Waals surface area contributed by atoms with Gasteiger partial charge in [0.05, 0.1) is 34.1 Å². The minimum Gasteiger partial charge on any atom is -0.495 e. The van der Waals surface area contributed by atoms with Crippen molar-refractivity contribution in [3.8, 4) is 5.75 Å². The molecule has 0 bridgehead atoms. The number of amides is 1. The lowest BCUT2D eigenvalue weighted by atomic mass is 10.1. The number of halogens is 1. The molecule has 3 aromatic carbocycles. The van der Waals surface area contributed by atoms with E-state index in [2.05, 4.69) is 15.3 Å². The first-order valence-corrected chi connectivity index (χ1v) is 8.79. The Morgan fingerprint density at radius 2 is 1.79 bits per heavy atom. The molecule has 0 saturated carbocycles. The van der Waals surface area contributed by atoms with Gasteiger partial charge in [-0.3, -0.25) is 9.59 Å². The Morgan fingerprint density at radius 3 is 2.57 bits per heavy atom. The van der Waals surface area contributed by atoms with Crippen LogP contribution in [-0.4, -0.2) is 23.0 Å². The summed E-state index contributed by atoms with van der Waals surface area (Å²) < 4.78 is 5.10. The number of benzene rings is 3. The van der Waals surface area contributed by atoms with Gasteiger partial charge in [-0.2, -0.15) is 0 Å². The molecular weight excluding hydrogens is 378 g/mol. The molecule has 0 spiro atoms. The first kappa shape index (κ1) is 17.9. The van der Waals surface area contributed by atoms with Crippen molar-refractivity contribution >= 4 is 45.1 Å². The van der Waals surface area contributed by atoms with E-state index in [0.29, 0.717) is 44.0 Å². The van der Waals surface area contributed by atoms with Crippen molar-refractivity contribution in [2.75, 3.05) is 12.4 Å². The Hall–Kier alpha value is -3.51. The van der Waals surface area contributed by atoms with Gasteiger partial charge in [-0.25, -0.2) is 9.97 Å². The second-order valence-corrected chi connectivity index (χ2v) is 6.46. The maximum atomic E-state index is 12.6. The van der Waals surface area contributed by atoms with Crippen molar-refractivity contribution in [2.45, 2.75) is 0 Å². The molecule has 4 aromatic rings. The summed E-state index contributed by atoms with van der Waals surface area (Å²) in [6.45, 7) is 0. The van der Waals surface area contributed by atoms with Crippen LogP contribution in [-0.2, 0) is 0 Å². The summed E-state index contributed by atoms with van der Waals surface area (Å²) in [5.41, 5.74) is 1.92. The van der Waals surface area contributed by atoms with Crippen LogP contribution in [0.5, 0.6) is 5.75 Å². The van der Waals surface area contributed by atoms with Crippen LogP contribution in [0.4, 0.5) is 5.69 Å². The number of carbonyl (C=O) groups excluding carboxylic acids is 1. The highest BCUT2D eigenvalue weighted by Gasteiger charge is 2.10. The normalized spacial score (nSPS) is 10.8. The molecular formula is C21H14ClN3O3. The Balaban J connectivity index is 1.73. The fourth-order valence-corrected chi connectivity index (χ4v) is 3.11. The SMILES string of the molecule is COc1ccc(NC(=O)c2ccc3nc4ccccc4c(=O)nc3c2)cc1Cl. The number of aromatic nitrogens is 2. The van der Waals surface area contributed by atoms with E-state index in [0.717, 1.165) is 0 Å². The van der Waals surface area contributed by atoms with Gasteiger partial charge in [-0.1, -0.05) is 23.7 Å². The van der Waals surface area contributed by atoms with E-state index in [1.807, 2.05) is 6.07 Å². The molecule has 4 rings (SSSR count). The fraction of sp³-hybridized carbons (Fsp3) is 0.0476. The molecule has 138 valence electrons. The number of nitrogens with zero attached hydrogens (tertiary/aromatic N) is 2. The number of hydrogen-bond acceptors (Lipinski definition) is 5. The van der Waals surface area contributed by atoms with Gasteiger partial charge in [0.2, 0.25) is 0 Å². The largest absolute Gasteiger partial charge is 0.495 e. The molecule has 1 amide bonds. The number of anilines is 1. The van der Waals surface area contributed by atoms with Gasteiger partial charge in [0.25, 0.3) is 11.5 Å². The predicted octanol–water partition coefficient (Wildman–Crippen LogP) is 4.06. The average Bonchev–Trinajstić information content (AvgIpc) is 2.83. The lowest BCUT2D eigenvalue weighted by Gasteiger charge is -2.08. The first-order valence-electron chi connectivity index (χ1n) is 8.41. The zero-order chi connectivity index (χ0) is 19.7. The third-order valence-corrected chi connectivity index (χ3v) is 4.54. The summed E-state index contributed by atoms with van der Waals surface area (Å²) in [4.78, 5) is 33.6. The minimum atomic E-state index is -0.391. The molecule has 1 N–H and O–H groups in total. The Labute approximate surface area is 164 Å². The number of rotatable bonds is 3. The van der Waals surface area contributed by atoms with Gasteiger partial charge >= 0.3 is 0 Å². The van der Waals surface area contributed by atoms with E-state index in [1.54, 1.807) is 54.6 Å². The molecule has 0 aliphatic rings. The highest BCUT2D eigenvalue weighted by atomic mass is 35.5. The lowest BCUT2D eigenvalue weighted by Crippen LogP contribution is -2.12. The zero-order valence-electron chi connectivity index (χ0n) is 14.8. The van der Waals surface area contributed by atoms with Crippen molar-refractivity contribution in [3.05, 3.63) is 81.6 Å². The molecule has 1 heterocycles. The fourth-order valence-electron chi connectivity index (χ4n) is 2.85. The van der Waals surface area contributed by atoms with E-state index in [-0.39, 0.29) is 5.91 Å². The standard InChI is InChI=1S/C21H14ClN3O3/c1-28-19-9-7-13(11-15(19)22)23-20(26)12-6-8-17-18(10-12)25-21(27)14-4-2-3-5-16(14)24-17/h2-11H,1H3,(H,23,26). The predicted molar refractivity (Wildman–Crippen MR) is 109 cm³/mol. The number of methoxy groups -OCH3 is 1. The van der Waals surface area contributed by atoms with E-state index in [4.69, 9.17) is 16.3 Å². The molecule has 0 saturated heterocycles.